The molecular weight excluding hydrogens is 550 g/mol. The number of likely N-dealkylation sites (N-methyl/N-ethyl adjacent to an activating group) is 1. The summed E-state index contributed by atoms with van der Waals surface area (Å²) in [5, 5.41) is 12.1. The van der Waals surface area contributed by atoms with Gasteiger partial charge in [0.05, 0.1) is 17.3 Å². The maximum Gasteiger partial charge on any atom is 0.246 e. The molecule has 2 aliphatic rings. The van der Waals surface area contributed by atoms with Gasteiger partial charge >= 0.3 is 0 Å². The van der Waals surface area contributed by atoms with Crippen LogP contribution < -0.4 is 15.8 Å². The second kappa shape index (κ2) is 16.0. The number of hydrogen-bond acceptors (Lipinski definition) is 7. The monoisotopic (exact) mass is 597 g/mol. The second-order valence-corrected chi connectivity index (χ2v) is 11.7. The van der Waals surface area contributed by atoms with E-state index in [1.807, 2.05) is 65.6 Å². The minimum absolute atomic E-state index is 0.0104. The van der Waals surface area contributed by atoms with Crippen LogP contribution in [-0.2, 0) is 4.79 Å². The van der Waals surface area contributed by atoms with E-state index in [0.29, 0.717) is 47.6 Å². The molecule has 0 aliphatic carbocycles. The summed E-state index contributed by atoms with van der Waals surface area (Å²) in [5.74, 6) is 1.91. The van der Waals surface area contributed by atoms with Crippen LogP contribution in [0.3, 0.4) is 0 Å². The molecule has 2 heterocycles. The molecule has 0 saturated carbocycles. The normalized spacial score (nSPS) is 19.1. The molecule has 9 nitrogen and oxygen atoms in total. The van der Waals surface area contributed by atoms with Crippen LogP contribution in [-0.4, -0.2) is 91.1 Å². The van der Waals surface area contributed by atoms with E-state index < -0.39 is 0 Å². The van der Waals surface area contributed by atoms with Crippen LogP contribution in [0.5, 0.6) is 11.5 Å². The minimum Gasteiger partial charge on any atom is -0.457 e. The standard InChI is InChI=1S/C35H47N7O2/c1-5-38-35(33(26(2)36)34(37)27-15-17-31(18-16-27)44-30-12-7-6-8-13-30)39-28-11-9-22-42(25-28)32(43)14-10-21-41(4)29-19-23-40(3)24-20-29/h5-8,10,12-18,28-29,37H,1,9,11,19-25,36H2,2-4H3,(H,38,39)/b14-10+,33-26+,37-34?. The molecule has 9 heteroatoms. The van der Waals surface area contributed by atoms with Gasteiger partial charge in [-0.15, -0.1) is 0 Å². The van der Waals surface area contributed by atoms with Crippen LogP contribution in [0.1, 0.15) is 38.2 Å². The van der Waals surface area contributed by atoms with E-state index in [0.717, 1.165) is 51.1 Å². The van der Waals surface area contributed by atoms with Gasteiger partial charge in [0.1, 0.15) is 17.3 Å². The van der Waals surface area contributed by atoms with Crippen LogP contribution in [0, 0.1) is 5.41 Å². The lowest BCUT2D eigenvalue weighted by molar-refractivity contribution is -0.127. The molecule has 2 aromatic rings. The largest absolute Gasteiger partial charge is 0.457 e. The van der Waals surface area contributed by atoms with E-state index >= 15 is 0 Å². The number of nitrogens with one attached hydrogen (secondary N) is 2. The fraction of sp³-hybridized carbons (Fsp3) is 0.400. The fourth-order valence-electron chi connectivity index (χ4n) is 5.68. The summed E-state index contributed by atoms with van der Waals surface area (Å²) in [6, 6.07) is 17.3. The van der Waals surface area contributed by atoms with E-state index in [9.17, 15) is 4.79 Å². The number of aliphatic imine (C=N–C) groups is 1. The maximum absolute atomic E-state index is 13.1. The Hall–Kier alpha value is -4.21. The highest BCUT2D eigenvalue weighted by Gasteiger charge is 2.25. The number of amides is 1. The number of piperidine rings is 2. The van der Waals surface area contributed by atoms with Gasteiger partial charge in [-0.2, -0.15) is 0 Å². The summed E-state index contributed by atoms with van der Waals surface area (Å²) in [6.07, 6.45) is 9.24. The Morgan fingerprint density at radius 1 is 1.11 bits per heavy atom. The average molecular weight is 598 g/mol. The molecule has 0 spiro atoms. The first kappa shape index (κ1) is 32.7. The first-order valence-electron chi connectivity index (χ1n) is 15.4. The van der Waals surface area contributed by atoms with E-state index in [-0.39, 0.29) is 17.7 Å². The Morgan fingerprint density at radius 3 is 2.45 bits per heavy atom. The van der Waals surface area contributed by atoms with Crippen LogP contribution in [0.2, 0.25) is 0 Å². The number of amidine groups is 1. The molecule has 2 aliphatic heterocycles. The molecule has 1 unspecified atom stereocenters. The van der Waals surface area contributed by atoms with Crippen LogP contribution in [0.25, 0.3) is 0 Å². The molecule has 1 atom stereocenters. The third-order valence-corrected chi connectivity index (χ3v) is 8.23. The molecule has 0 radical (unpaired) electrons. The van der Waals surface area contributed by atoms with Crippen molar-refractivity contribution >= 4 is 17.5 Å². The Bertz CT molecular complexity index is 1360. The third kappa shape index (κ3) is 9.14. The summed E-state index contributed by atoms with van der Waals surface area (Å²) in [4.78, 5) is 24.6. The van der Waals surface area contributed by atoms with Crippen molar-refractivity contribution in [1.82, 2.24) is 20.0 Å². The van der Waals surface area contributed by atoms with Crippen molar-refractivity contribution in [3.8, 4) is 11.5 Å². The molecule has 4 N–H and O–H groups in total. The first-order valence-corrected chi connectivity index (χ1v) is 15.4. The van der Waals surface area contributed by atoms with E-state index in [1.165, 1.54) is 0 Å². The van der Waals surface area contributed by atoms with Crippen molar-refractivity contribution in [2.75, 3.05) is 46.8 Å². The Kier molecular flexibility index (Phi) is 11.9. The lowest BCUT2D eigenvalue weighted by Gasteiger charge is -2.34. The van der Waals surface area contributed by atoms with Gasteiger partial charge < -0.3 is 25.6 Å². The number of carbonyl (C=O) groups excluding carboxylic acids is 1. The highest BCUT2D eigenvalue weighted by atomic mass is 16.5. The number of para-hydroxylation sites is 1. The van der Waals surface area contributed by atoms with Crippen LogP contribution in [0.15, 0.2) is 95.8 Å². The summed E-state index contributed by atoms with van der Waals surface area (Å²) >= 11 is 0. The van der Waals surface area contributed by atoms with Crippen molar-refractivity contribution in [2.24, 2.45) is 10.7 Å². The SMILES string of the molecule is C=CNC(=NC1CCCN(C(=O)/C=C/CN(C)C2CCN(C)CC2)C1)/C(C(=N)c1ccc(Oc2ccccc2)cc1)=C(\C)N. The molecular formula is C35H47N7O2. The number of rotatable bonds is 11. The van der Waals surface area contributed by atoms with Crippen molar-refractivity contribution in [3.05, 3.63) is 96.4 Å². The number of nitrogens with two attached hydrogens (primary N) is 1. The average Bonchev–Trinajstić information content (AvgIpc) is 3.02. The number of benzene rings is 2. The van der Waals surface area contributed by atoms with Crippen molar-refractivity contribution in [2.45, 2.75) is 44.7 Å². The zero-order chi connectivity index (χ0) is 31.5. The number of allylic oxidation sites excluding steroid dienone is 1. The van der Waals surface area contributed by atoms with Gasteiger partial charge in [-0.25, -0.2) is 0 Å². The first-order chi connectivity index (χ1) is 21.2. The summed E-state index contributed by atoms with van der Waals surface area (Å²) in [5.41, 5.74) is 8.23. The van der Waals surface area contributed by atoms with E-state index in [2.05, 4.69) is 35.8 Å². The Morgan fingerprint density at radius 2 is 1.80 bits per heavy atom. The zero-order valence-electron chi connectivity index (χ0n) is 26.3. The van der Waals surface area contributed by atoms with Gasteiger partial charge in [0.2, 0.25) is 5.91 Å². The molecule has 2 aromatic carbocycles. The minimum atomic E-state index is -0.130. The van der Waals surface area contributed by atoms with Gasteiger partial charge in [-0.1, -0.05) is 30.9 Å². The number of ether oxygens (including phenoxy) is 1. The Labute approximate surface area is 262 Å². The topological polar surface area (TPSA) is 110 Å². The van der Waals surface area contributed by atoms with Crippen molar-refractivity contribution in [3.63, 3.8) is 0 Å². The highest BCUT2D eigenvalue weighted by molar-refractivity contribution is 6.29. The number of nitrogens with zero attached hydrogens (tertiary/aromatic N) is 4. The molecule has 2 fully saturated rings. The van der Waals surface area contributed by atoms with Crippen LogP contribution >= 0.6 is 0 Å². The van der Waals surface area contributed by atoms with Crippen molar-refractivity contribution < 1.29 is 9.53 Å². The lowest BCUT2D eigenvalue weighted by Crippen LogP contribution is -2.42. The number of carbonyl (C=O) groups is 1. The molecule has 4 rings (SSSR count). The predicted octanol–water partition coefficient (Wildman–Crippen LogP) is 4.78. The molecule has 1 amide bonds. The second-order valence-electron chi connectivity index (χ2n) is 11.7. The van der Waals surface area contributed by atoms with Gasteiger partial charge in [-0.3, -0.25) is 20.1 Å². The van der Waals surface area contributed by atoms with Crippen molar-refractivity contribution in [1.29, 1.82) is 5.41 Å². The summed E-state index contributed by atoms with van der Waals surface area (Å²) < 4.78 is 5.91. The van der Waals surface area contributed by atoms with Gasteiger partial charge in [0.15, 0.2) is 0 Å². The Balaban J connectivity index is 1.41. The quantitative estimate of drug-likeness (QED) is 0.195. The van der Waals surface area contributed by atoms with Gasteiger partial charge in [0.25, 0.3) is 0 Å². The third-order valence-electron chi connectivity index (χ3n) is 8.23. The number of hydrogen-bond donors (Lipinski definition) is 3. The summed E-state index contributed by atoms with van der Waals surface area (Å²) in [7, 11) is 4.31. The maximum atomic E-state index is 13.1. The highest BCUT2D eigenvalue weighted by Crippen LogP contribution is 2.23. The number of likely N-dealkylation sites (tertiary alicyclic amines) is 2. The predicted molar refractivity (Wildman–Crippen MR) is 179 cm³/mol. The molecule has 44 heavy (non-hydrogen) atoms. The summed E-state index contributed by atoms with van der Waals surface area (Å²) in [6.45, 7) is 9.79. The van der Waals surface area contributed by atoms with Gasteiger partial charge in [-0.05, 0) is 102 Å². The van der Waals surface area contributed by atoms with Gasteiger partial charge in [0, 0.05) is 43.0 Å². The van der Waals surface area contributed by atoms with E-state index in [4.69, 9.17) is 20.9 Å². The zero-order valence-corrected chi connectivity index (χ0v) is 26.3. The molecule has 0 aromatic heterocycles. The molecule has 2 saturated heterocycles. The molecule has 0 bridgehead atoms. The smallest absolute Gasteiger partial charge is 0.246 e. The van der Waals surface area contributed by atoms with Crippen LogP contribution in [0.4, 0.5) is 0 Å². The molecule has 234 valence electrons. The lowest BCUT2D eigenvalue weighted by atomic mass is 9.99. The fourth-order valence-corrected chi connectivity index (χ4v) is 5.68. The van der Waals surface area contributed by atoms with E-state index in [1.54, 1.807) is 19.2 Å².